The molecule has 1 amide bonds. The van der Waals surface area contributed by atoms with E-state index in [1.807, 2.05) is 0 Å². The molecule has 4 heteroatoms. The summed E-state index contributed by atoms with van der Waals surface area (Å²) in [4.78, 5) is 22.2. The van der Waals surface area contributed by atoms with Crippen molar-refractivity contribution in [2.75, 3.05) is 0 Å². The quantitative estimate of drug-likeness (QED) is 0.708. The molecule has 0 atom stereocenters. The Hall–Kier alpha value is -1.58. The van der Waals surface area contributed by atoms with Crippen molar-refractivity contribution in [2.45, 2.75) is 19.4 Å². The molecule has 0 saturated heterocycles. The summed E-state index contributed by atoms with van der Waals surface area (Å²) in [5.41, 5.74) is 5.73. The van der Waals surface area contributed by atoms with Gasteiger partial charge in [0.15, 0.2) is 5.78 Å². The maximum Gasteiger partial charge on any atom is 0.237 e. The van der Waals surface area contributed by atoms with E-state index in [4.69, 9.17) is 5.73 Å². The van der Waals surface area contributed by atoms with Crippen LogP contribution in [-0.2, 0) is 11.3 Å². The van der Waals surface area contributed by atoms with E-state index in [2.05, 4.69) is 0 Å². The highest BCUT2D eigenvalue weighted by Crippen LogP contribution is 2.32. The molecule has 2 rings (SSSR count). The maximum atomic E-state index is 11.6. The maximum absolute atomic E-state index is 11.6. The van der Waals surface area contributed by atoms with Crippen molar-refractivity contribution >= 4 is 11.7 Å². The summed E-state index contributed by atoms with van der Waals surface area (Å²) in [6, 6.07) is 1.74. The lowest BCUT2D eigenvalue weighted by atomic mass is 10.1. The van der Waals surface area contributed by atoms with E-state index in [-0.39, 0.29) is 18.2 Å². The second-order valence-corrected chi connectivity index (χ2v) is 3.68. The van der Waals surface area contributed by atoms with Crippen LogP contribution in [0.2, 0.25) is 0 Å². The molecule has 0 aliphatic heterocycles. The highest BCUT2D eigenvalue weighted by atomic mass is 16.1. The summed E-state index contributed by atoms with van der Waals surface area (Å²) in [7, 11) is 0. The topological polar surface area (TPSA) is 65.1 Å². The van der Waals surface area contributed by atoms with Gasteiger partial charge in [0.25, 0.3) is 0 Å². The second kappa shape index (κ2) is 3.29. The predicted octanol–water partition coefficient (Wildman–Crippen LogP) is 0.566. The molecular formula is C10H12N2O2. The highest BCUT2D eigenvalue weighted by molar-refractivity contribution is 5.99. The molecule has 14 heavy (non-hydrogen) atoms. The van der Waals surface area contributed by atoms with Gasteiger partial charge < -0.3 is 10.3 Å². The van der Waals surface area contributed by atoms with E-state index >= 15 is 0 Å². The number of hydrogen-bond acceptors (Lipinski definition) is 2. The van der Waals surface area contributed by atoms with Gasteiger partial charge in [0.2, 0.25) is 5.91 Å². The average Bonchev–Trinajstić information content (AvgIpc) is 2.86. The summed E-state index contributed by atoms with van der Waals surface area (Å²) in [6.07, 6.45) is 5.39. The molecule has 0 bridgehead atoms. The lowest BCUT2D eigenvalue weighted by Crippen LogP contribution is -2.17. The first-order valence-corrected chi connectivity index (χ1v) is 4.65. The molecule has 4 nitrogen and oxygen atoms in total. The molecule has 1 aliphatic carbocycles. The Kier molecular flexibility index (Phi) is 2.11. The van der Waals surface area contributed by atoms with Gasteiger partial charge in [0, 0.05) is 23.9 Å². The second-order valence-electron chi connectivity index (χ2n) is 3.68. The standard InChI is InChI=1S/C10H12N2O2/c11-9(13)6-12-4-3-8(5-12)10(14)7-1-2-7/h3-5,7H,1-2,6H2,(H2,11,13). The minimum Gasteiger partial charge on any atom is -0.368 e. The summed E-state index contributed by atoms with van der Waals surface area (Å²) >= 11 is 0. The molecule has 1 heterocycles. The van der Waals surface area contributed by atoms with Gasteiger partial charge >= 0.3 is 0 Å². The molecule has 0 radical (unpaired) electrons. The monoisotopic (exact) mass is 192 g/mol. The summed E-state index contributed by atoms with van der Waals surface area (Å²) in [6.45, 7) is 0.137. The van der Waals surface area contributed by atoms with Crippen LogP contribution < -0.4 is 5.73 Å². The van der Waals surface area contributed by atoms with E-state index in [9.17, 15) is 9.59 Å². The smallest absolute Gasteiger partial charge is 0.237 e. The van der Waals surface area contributed by atoms with Crippen LogP contribution in [0.15, 0.2) is 18.5 Å². The van der Waals surface area contributed by atoms with Crippen LogP contribution in [0.5, 0.6) is 0 Å². The molecule has 1 aromatic rings. The molecule has 0 spiro atoms. The number of rotatable bonds is 4. The molecule has 2 N–H and O–H groups in total. The molecule has 1 fully saturated rings. The molecular weight excluding hydrogens is 180 g/mol. The van der Waals surface area contributed by atoms with Gasteiger partial charge in [0.1, 0.15) is 6.54 Å². The van der Waals surface area contributed by atoms with Crippen molar-refractivity contribution < 1.29 is 9.59 Å². The van der Waals surface area contributed by atoms with Crippen LogP contribution in [0.4, 0.5) is 0 Å². The van der Waals surface area contributed by atoms with Crippen molar-refractivity contribution in [3.63, 3.8) is 0 Å². The van der Waals surface area contributed by atoms with Gasteiger partial charge in [-0.3, -0.25) is 9.59 Å². The molecule has 1 aromatic heterocycles. The number of hydrogen-bond donors (Lipinski definition) is 1. The number of primary amides is 1. The van der Waals surface area contributed by atoms with E-state index in [1.165, 1.54) is 0 Å². The van der Waals surface area contributed by atoms with Crippen LogP contribution in [0.1, 0.15) is 23.2 Å². The molecule has 1 aliphatic rings. The number of carbonyl (C=O) groups excluding carboxylic acids is 2. The number of nitrogens with zero attached hydrogens (tertiary/aromatic N) is 1. The fourth-order valence-corrected chi connectivity index (χ4v) is 1.45. The van der Waals surface area contributed by atoms with Crippen molar-refractivity contribution in [2.24, 2.45) is 11.7 Å². The Balaban J connectivity index is 2.08. The van der Waals surface area contributed by atoms with Crippen LogP contribution in [-0.4, -0.2) is 16.3 Å². The van der Waals surface area contributed by atoms with E-state index in [0.717, 1.165) is 12.8 Å². The molecule has 0 unspecified atom stereocenters. The Labute approximate surface area is 81.7 Å². The van der Waals surface area contributed by atoms with Gasteiger partial charge in [-0.05, 0) is 18.9 Å². The Bertz CT molecular complexity index is 377. The first-order chi connectivity index (χ1) is 6.66. The molecule has 1 saturated carbocycles. The first-order valence-electron chi connectivity index (χ1n) is 4.65. The normalized spacial score (nSPS) is 15.4. The Morgan fingerprint density at radius 2 is 2.21 bits per heavy atom. The van der Waals surface area contributed by atoms with Gasteiger partial charge in [-0.1, -0.05) is 0 Å². The Morgan fingerprint density at radius 1 is 1.50 bits per heavy atom. The summed E-state index contributed by atoms with van der Waals surface area (Å²) in [5, 5.41) is 0. The van der Waals surface area contributed by atoms with Crippen LogP contribution in [0, 0.1) is 5.92 Å². The molecule has 0 aromatic carbocycles. The van der Waals surface area contributed by atoms with E-state index in [0.29, 0.717) is 5.56 Å². The zero-order valence-corrected chi connectivity index (χ0v) is 7.77. The number of carbonyl (C=O) groups is 2. The Morgan fingerprint density at radius 3 is 2.79 bits per heavy atom. The lowest BCUT2D eigenvalue weighted by molar-refractivity contribution is -0.118. The summed E-state index contributed by atoms with van der Waals surface area (Å²) in [5.74, 6) is 0.0127. The fourth-order valence-electron chi connectivity index (χ4n) is 1.45. The van der Waals surface area contributed by atoms with E-state index < -0.39 is 5.91 Å². The first kappa shape index (κ1) is 8.99. The van der Waals surface area contributed by atoms with Gasteiger partial charge in [-0.15, -0.1) is 0 Å². The number of Topliss-reactive ketones (excluding diaryl/α,β-unsaturated/α-hetero) is 1. The van der Waals surface area contributed by atoms with Crippen molar-refractivity contribution in [3.8, 4) is 0 Å². The number of ketones is 1. The molecule has 74 valence electrons. The number of aromatic nitrogens is 1. The van der Waals surface area contributed by atoms with Gasteiger partial charge in [0.05, 0.1) is 0 Å². The minimum absolute atomic E-state index is 0.137. The number of amides is 1. The SMILES string of the molecule is NC(=O)Cn1ccc(C(=O)C2CC2)c1. The zero-order chi connectivity index (χ0) is 10.1. The van der Waals surface area contributed by atoms with Crippen LogP contribution in [0.25, 0.3) is 0 Å². The lowest BCUT2D eigenvalue weighted by Gasteiger charge is -1.96. The van der Waals surface area contributed by atoms with Gasteiger partial charge in [-0.25, -0.2) is 0 Å². The zero-order valence-electron chi connectivity index (χ0n) is 7.77. The minimum atomic E-state index is -0.397. The number of nitrogens with two attached hydrogens (primary N) is 1. The predicted molar refractivity (Wildman–Crippen MR) is 50.7 cm³/mol. The van der Waals surface area contributed by atoms with Crippen molar-refractivity contribution in [3.05, 3.63) is 24.0 Å². The third-order valence-electron chi connectivity index (χ3n) is 2.32. The van der Waals surface area contributed by atoms with Crippen LogP contribution in [0.3, 0.4) is 0 Å². The fraction of sp³-hybridized carbons (Fsp3) is 0.400. The average molecular weight is 192 g/mol. The van der Waals surface area contributed by atoms with Crippen molar-refractivity contribution in [1.82, 2.24) is 4.57 Å². The largest absolute Gasteiger partial charge is 0.368 e. The third kappa shape index (κ3) is 1.84. The third-order valence-corrected chi connectivity index (χ3v) is 2.32. The highest BCUT2D eigenvalue weighted by Gasteiger charge is 2.30. The summed E-state index contributed by atoms with van der Waals surface area (Å²) < 4.78 is 1.64. The van der Waals surface area contributed by atoms with E-state index in [1.54, 1.807) is 23.0 Å². The van der Waals surface area contributed by atoms with Gasteiger partial charge in [-0.2, -0.15) is 0 Å². The van der Waals surface area contributed by atoms with Crippen molar-refractivity contribution in [1.29, 1.82) is 0 Å². The van der Waals surface area contributed by atoms with Crippen LogP contribution >= 0.6 is 0 Å².